The van der Waals surface area contributed by atoms with Crippen molar-refractivity contribution in [3.8, 4) is 11.6 Å². The Balaban J connectivity index is 1.46. The molecule has 2 aromatic rings. The minimum absolute atomic E-state index is 0.0765. The van der Waals surface area contributed by atoms with E-state index in [2.05, 4.69) is 25.8 Å². The number of carbonyl (C=O) groups excluding carboxylic acids is 1. The molecule has 0 spiro atoms. The van der Waals surface area contributed by atoms with Crippen LogP contribution in [0.25, 0.3) is 0 Å². The van der Waals surface area contributed by atoms with E-state index in [1.54, 1.807) is 18.3 Å². The zero-order valence-electron chi connectivity index (χ0n) is 15.6. The summed E-state index contributed by atoms with van der Waals surface area (Å²) in [5.41, 5.74) is 0.424. The van der Waals surface area contributed by atoms with E-state index in [9.17, 15) is 9.18 Å². The largest absolute Gasteiger partial charge is 0.437 e. The number of amides is 1. The zero-order valence-corrected chi connectivity index (χ0v) is 17.2. The molecule has 28 heavy (non-hydrogen) atoms. The minimum Gasteiger partial charge on any atom is -0.437 e. The van der Waals surface area contributed by atoms with Gasteiger partial charge < -0.3 is 9.64 Å². The second-order valence-electron chi connectivity index (χ2n) is 7.30. The number of nitrogens with zero attached hydrogens (tertiary/aromatic N) is 3. The van der Waals surface area contributed by atoms with Crippen LogP contribution in [0.5, 0.6) is 11.6 Å². The van der Waals surface area contributed by atoms with Gasteiger partial charge in [0, 0.05) is 38.4 Å². The third kappa shape index (κ3) is 4.20. The first kappa shape index (κ1) is 19.3. The number of benzene rings is 1. The fourth-order valence-electron chi connectivity index (χ4n) is 4.03. The summed E-state index contributed by atoms with van der Waals surface area (Å²) in [5.74, 6) is 0.210. The number of rotatable bonds is 4. The maximum absolute atomic E-state index is 13.3. The molecule has 7 heteroatoms. The lowest BCUT2D eigenvalue weighted by Crippen LogP contribution is -2.51. The first-order chi connectivity index (χ1) is 13.6. The molecule has 1 aromatic carbocycles. The SMILES string of the molecule is O=C(c1cccnc1Oc1ccc(F)cc1Br)N1CCN(C2CCCC2)CC1. The van der Waals surface area contributed by atoms with Crippen molar-refractivity contribution in [2.45, 2.75) is 31.7 Å². The normalized spacial score (nSPS) is 18.4. The van der Waals surface area contributed by atoms with Crippen LogP contribution in [0.15, 0.2) is 41.0 Å². The smallest absolute Gasteiger partial charge is 0.259 e. The van der Waals surface area contributed by atoms with Gasteiger partial charge in [-0.3, -0.25) is 9.69 Å². The fourth-order valence-corrected chi connectivity index (χ4v) is 4.46. The molecule has 2 fully saturated rings. The Morgan fingerprint density at radius 3 is 2.61 bits per heavy atom. The van der Waals surface area contributed by atoms with Crippen molar-refractivity contribution in [1.29, 1.82) is 0 Å². The topological polar surface area (TPSA) is 45.7 Å². The van der Waals surface area contributed by atoms with Gasteiger partial charge in [0.25, 0.3) is 5.91 Å². The molecule has 0 unspecified atom stereocenters. The Hall–Kier alpha value is -1.99. The summed E-state index contributed by atoms with van der Waals surface area (Å²) in [7, 11) is 0. The molecule has 148 valence electrons. The van der Waals surface area contributed by atoms with Gasteiger partial charge in [-0.25, -0.2) is 9.37 Å². The van der Waals surface area contributed by atoms with E-state index in [4.69, 9.17) is 4.74 Å². The van der Waals surface area contributed by atoms with Gasteiger partial charge in [-0.05, 0) is 59.1 Å². The van der Waals surface area contributed by atoms with Crippen molar-refractivity contribution < 1.29 is 13.9 Å². The zero-order chi connectivity index (χ0) is 19.5. The van der Waals surface area contributed by atoms with Crippen molar-refractivity contribution in [2.24, 2.45) is 0 Å². The van der Waals surface area contributed by atoms with Crippen LogP contribution in [0, 0.1) is 5.82 Å². The molecular weight excluding hydrogens is 425 g/mol. The summed E-state index contributed by atoms with van der Waals surface area (Å²) < 4.78 is 19.6. The Morgan fingerprint density at radius 1 is 1.14 bits per heavy atom. The van der Waals surface area contributed by atoms with Gasteiger partial charge in [0.1, 0.15) is 17.1 Å². The summed E-state index contributed by atoms with van der Waals surface area (Å²) in [6.07, 6.45) is 6.78. The Kier molecular flexibility index (Phi) is 5.92. The number of halogens is 2. The number of ether oxygens (including phenoxy) is 1. The fraction of sp³-hybridized carbons (Fsp3) is 0.429. The predicted molar refractivity (Wildman–Crippen MR) is 108 cm³/mol. The second-order valence-corrected chi connectivity index (χ2v) is 8.15. The molecule has 0 atom stereocenters. The first-order valence-corrected chi connectivity index (χ1v) is 10.5. The lowest BCUT2D eigenvalue weighted by atomic mass is 10.1. The highest BCUT2D eigenvalue weighted by molar-refractivity contribution is 9.10. The number of carbonyl (C=O) groups is 1. The standard InChI is InChI=1S/C21H23BrFN3O2/c22-18-14-15(23)7-8-19(18)28-20-17(6-3-9-24-20)21(27)26-12-10-25(11-13-26)16-4-1-2-5-16/h3,6-9,14,16H,1-2,4-5,10-13H2. The van der Waals surface area contributed by atoms with Crippen LogP contribution in [-0.2, 0) is 0 Å². The monoisotopic (exact) mass is 447 g/mol. The van der Waals surface area contributed by atoms with Crippen molar-refractivity contribution in [2.75, 3.05) is 26.2 Å². The van der Waals surface area contributed by atoms with Gasteiger partial charge in [-0.2, -0.15) is 0 Å². The minimum atomic E-state index is -0.364. The molecule has 0 radical (unpaired) electrons. The third-order valence-electron chi connectivity index (χ3n) is 5.54. The number of hydrogen-bond acceptors (Lipinski definition) is 4. The van der Waals surface area contributed by atoms with E-state index >= 15 is 0 Å². The Morgan fingerprint density at radius 2 is 1.89 bits per heavy atom. The number of hydrogen-bond donors (Lipinski definition) is 0. The molecule has 1 aliphatic heterocycles. The molecule has 1 aliphatic carbocycles. The Bertz CT molecular complexity index is 849. The number of pyridine rings is 1. The molecule has 5 nitrogen and oxygen atoms in total. The van der Waals surface area contributed by atoms with E-state index in [0.717, 1.165) is 13.1 Å². The summed E-state index contributed by atoms with van der Waals surface area (Å²) >= 11 is 3.29. The number of aromatic nitrogens is 1. The molecular formula is C21H23BrFN3O2. The lowest BCUT2D eigenvalue weighted by Gasteiger charge is -2.38. The van der Waals surface area contributed by atoms with Crippen molar-refractivity contribution in [1.82, 2.24) is 14.8 Å². The van der Waals surface area contributed by atoms with Gasteiger partial charge in [-0.15, -0.1) is 0 Å². The summed E-state index contributed by atoms with van der Waals surface area (Å²) in [6.45, 7) is 3.25. The van der Waals surface area contributed by atoms with Crippen LogP contribution in [0.3, 0.4) is 0 Å². The molecule has 1 amide bonds. The second kappa shape index (κ2) is 8.57. The molecule has 2 aliphatic rings. The van der Waals surface area contributed by atoms with Gasteiger partial charge >= 0.3 is 0 Å². The van der Waals surface area contributed by atoms with Crippen LogP contribution in [0.2, 0.25) is 0 Å². The lowest BCUT2D eigenvalue weighted by molar-refractivity contribution is 0.0570. The van der Waals surface area contributed by atoms with Gasteiger partial charge in [-0.1, -0.05) is 12.8 Å². The maximum Gasteiger partial charge on any atom is 0.259 e. The van der Waals surface area contributed by atoms with E-state index in [-0.39, 0.29) is 17.6 Å². The molecule has 2 heterocycles. The van der Waals surface area contributed by atoms with Gasteiger partial charge in [0.15, 0.2) is 0 Å². The van der Waals surface area contributed by atoms with Crippen LogP contribution >= 0.6 is 15.9 Å². The van der Waals surface area contributed by atoms with Crippen molar-refractivity contribution >= 4 is 21.8 Å². The average molecular weight is 448 g/mol. The Labute approximate surface area is 172 Å². The summed E-state index contributed by atoms with van der Waals surface area (Å²) in [6, 6.07) is 8.29. The first-order valence-electron chi connectivity index (χ1n) is 9.73. The van der Waals surface area contributed by atoms with Crippen LogP contribution < -0.4 is 4.74 Å². The molecule has 1 aromatic heterocycles. The van der Waals surface area contributed by atoms with E-state index in [0.29, 0.717) is 34.9 Å². The summed E-state index contributed by atoms with van der Waals surface area (Å²) in [4.78, 5) is 21.7. The quantitative estimate of drug-likeness (QED) is 0.693. The van der Waals surface area contributed by atoms with Gasteiger partial charge in [0.05, 0.1) is 4.47 Å². The van der Waals surface area contributed by atoms with Crippen LogP contribution in [-0.4, -0.2) is 52.9 Å². The highest BCUT2D eigenvalue weighted by Gasteiger charge is 2.29. The van der Waals surface area contributed by atoms with Gasteiger partial charge in [0.2, 0.25) is 5.88 Å². The maximum atomic E-state index is 13.3. The highest BCUT2D eigenvalue weighted by atomic mass is 79.9. The van der Waals surface area contributed by atoms with Crippen LogP contribution in [0.4, 0.5) is 4.39 Å². The molecule has 0 N–H and O–H groups in total. The molecule has 1 saturated carbocycles. The molecule has 1 saturated heterocycles. The van der Waals surface area contributed by atoms with E-state index in [1.165, 1.54) is 43.9 Å². The molecule has 4 rings (SSSR count). The summed E-state index contributed by atoms with van der Waals surface area (Å²) in [5, 5.41) is 0. The predicted octanol–water partition coefficient (Wildman–Crippen LogP) is 4.48. The number of piperazine rings is 1. The van der Waals surface area contributed by atoms with E-state index < -0.39 is 0 Å². The highest BCUT2D eigenvalue weighted by Crippen LogP contribution is 2.31. The van der Waals surface area contributed by atoms with Crippen molar-refractivity contribution in [3.63, 3.8) is 0 Å². The van der Waals surface area contributed by atoms with E-state index in [1.807, 2.05) is 4.90 Å². The van der Waals surface area contributed by atoms with Crippen LogP contribution in [0.1, 0.15) is 36.0 Å². The third-order valence-corrected chi connectivity index (χ3v) is 6.16. The van der Waals surface area contributed by atoms with Crippen molar-refractivity contribution in [3.05, 3.63) is 52.4 Å². The molecule has 0 bridgehead atoms. The average Bonchev–Trinajstić information content (AvgIpc) is 3.25.